The maximum Gasteiger partial charge on any atom is 0.286 e. The summed E-state index contributed by atoms with van der Waals surface area (Å²) in [5.74, 6) is 0.0730. The molecule has 3 atom stereocenters. The number of carbonyl (C=O) groups excluding carboxylic acids is 1. The molecule has 1 aliphatic heterocycles. The molecule has 0 bridgehead atoms. The van der Waals surface area contributed by atoms with E-state index < -0.39 is 6.29 Å². The van der Waals surface area contributed by atoms with Gasteiger partial charge in [-0.1, -0.05) is 42.5 Å². The number of nitrogens with one attached hydrogen (secondary N) is 1. The van der Waals surface area contributed by atoms with Crippen LogP contribution in [0.3, 0.4) is 0 Å². The molecule has 6 heteroatoms. The van der Waals surface area contributed by atoms with Gasteiger partial charge in [0.15, 0.2) is 5.76 Å². The van der Waals surface area contributed by atoms with Gasteiger partial charge >= 0.3 is 0 Å². The molecule has 0 spiro atoms. The SMILES string of the molecule is CCO[C@@H]1OC(C(=O)NCCc2ccccc2)=C[C@H](c2ccc(I)cc2)[C@H]1CCCO. The van der Waals surface area contributed by atoms with Crippen molar-refractivity contribution in [1.29, 1.82) is 0 Å². The van der Waals surface area contributed by atoms with E-state index in [1.165, 1.54) is 5.56 Å². The molecule has 3 rings (SSSR count). The van der Waals surface area contributed by atoms with Crippen LogP contribution in [-0.2, 0) is 20.7 Å². The number of aliphatic hydroxyl groups is 1. The minimum absolute atomic E-state index is 0.0213. The first kappa shape index (κ1) is 23.8. The monoisotopic (exact) mass is 535 g/mol. The minimum Gasteiger partial charge on any atom is -0.459 e. The van der Waals surface area contributed by atoms with Crippen molar-refractivity contribution in [2.75, 3.05) is 19.8 Å². The molecule has 1 heterocycles. The summed E-state index contributed by atoms with van der Waals surface area (Å²) in [5.41, 5.74) is 2.29. The Hall–Kier alpha value is -1.90. The Kier molecular flexibility index (Phi) is 9.36. The van der Waals surface area contributed by atoms with Crippen LogP contribution in [0.1, 0.15) is 36.8 Å². The van der Waals surface area contributed by atoms with Crippen LogP contribution in [0.15, 0.2) is 66.4 Å². The molecular weight excluding hydrogens is 505 g/mol. The molecule has 2 aromatic rings. The summed E-state index contributed by atoms with van der Waals surface area (Å²) >= 11 is 2.29. The average Bonchev–Trinajstić information content (AvgIpc) is 2.79. The Morgan fingerprint density at radius 3 is 2.58 bits per heavy atom. The maximum atomic E-state index is 12.9. The number of rotatable bonds is 10. The third-order valence-electron chi connectivity index (χ3n) is 5.43. The molecule has 1 aliphatic rings. The van der Waals surface area contributed by atoms with Crippen molar-refractivity contribution >= 4 is 28.5 Å². The zero-order valence-corrected chi connectivity index (χ0v) is 20.0. The van der Waals surface area contributed by atoms with Gasteiger partial charge < -0.3 is 19.9 Å². The second kappa shape index (κ2) is 12.2. The lowest BCUT2D eigenvalue weighted by atomic mass is 9.80. The number of ether oxygens (including phenoxy) is 2. The van der Waals surface area contributed by atoms with Gasteiger partial charge in [0.25, 0.3) is 5.91 Å². The smallest absolute Gasteiger partial charge is 0.286 e. The molecule has 166 valence electrons. The fraction of sp³-hybridized carbons (Fsp3) is 0.400. The third kappa shape index (κ3) is 6.79. The van der Waals surface area contributed by atoms with E-state index >= 15 is 0 Å². The highest BCUT2D eigenvalue weighted by molar-refractivity contribution is 14.1. The predicted octanol–water partition coefficient (Wildman–Crippen LogP) is 4.40. The Morgan fingerprint density at radius 1 is 1.16 bits per heavy atom. The van der Waals surface area contributed by atoms with E-state index in [9.17, 15) is 9.90 Å². The van der Waals surface area contributed by atoms with Gasteiger partial charge in [0.05, 0.1) is 0 Å². The van der Waals surface area contributed by atoms with Crippen LogP contribution >= 0.6 is 22.6 Å². The largest absolute Gasteiger partial charge is 0.459 e. The number of hydrogen-bond donors (Lipinski definition) is 2. The lowest BCUT2D eigenvalue weighted by Gasteiger charge is -2.37. The first-order chi connectivity index (χ1) is 15.1. The third-order valence-corrected chi connectivity index (χ3v) is 6.15. The van der Waals surface area contributed by atoms with Gasteiger partial charge in [-0.3, -0.25) is 4.79 Å². The van der Waals surface area contributed by atoms with Crippen LogP contribution in [0, 0.1) is 9.49 Å². The van der Waals surface area contributed by atoms with Gasteiger partial charge in [0.2, 0.25) is 6.29 Å². The van der Waals surface area contributed by atoms with Gasteiger partial charge in [0, 0.05) is 35.2 Å². The summed E-state index contributed by atoms with van der Waals surface area (Å²) < 4.78 is 13.1. The fourth-order valence-corrected chi connectivity index (χ4v) is 4.24. The number of benzene rings is 2. The molecule has 31 heavy (non-hydrogen) atoms. The van der Waals surface area contributed by atoms with E-state index in [1.807, 2.05) is 43.3 Å². The van der Waals surface area contributed by atoms with Gasteiger partial charge in [-0.2, -0.15) is 0 Å². The Morgan fingerprint density at radius 2 is 1.90 bits per heavy atom. The van der Waals surface area contributed by atoms with Gasteiger partial charge in [-0.15, -0.1) is 0 Å². The molecule has 0 aromatic heterocycles. The van der Waals surface area contributed by atoms with E-state index in [0.29, 0.717) is 25.3 Å². The number of halogens is 1. The molecule has 5 nitrogen and oxygen atoms in total. The van der Waals surface area contributed by atoms with Crippen molar-refractivity contribution in [2.24, 2.45) is 5.92 Å². The number of amides is 1. The van der Waals surface area contributed by atoms with Crippen molar-refractivity contribution in [3.8, 4) is 0 Å². The summed E-state index contributed by atoms with van der Waals surface area (Å²) in [4.78, 5) is 12.9. The van der Waals surface area contributed by atoms with Crippen molar-refractivity contribution < 1.29 is 19.4 Å². The molecule has 0 saturated heterocycles. The Labute approximate surface area is 198 Å². The second-order valence-electron chi connectivity index (χ2n) is 7.57. The van der Waals surface area contributed by atoms with E-state index in [1.54, 1.807) is 0 Å². The van der Waals surface area contributed by atoms with Gasteiger partial charge in [0.1, 0.15) is 0 Å². The average molecular weight is 535 g/mol. The summed E-state index contributed by atoms with van der Waals surface area (Å²) in [6.45, 7) is 3.06. The van der Waals surface area contributed by atoms with E-state index in [0.717, 1.165) is 22.0 Å². The van der Waals surface area contributed by atoms with Gasteiger partial charge in [-0.25, -0.2) is 0 Å². The van der Waals surface area contributed by atoms with Crippen LogP contribution in [0.2, 0.25) is 0 Å². The predicted molar refractivity (Wildman–Crippen MR) is 129 cm³/mol. The summed E-state index contributed by atoms with van der Waals surface area (Å²) in [6.07, 6.45) is 3.55. The molecule has 0 saturated carbocycles. The topological polar surface area (TPSA) is 67.8 Å². The molecular formula is C25H30INO4. The molecule has 0 aliphatic carbocycles. The summed E-state index contributed by atoms with van der Waals surface area (Å²) in [6, 6.07) is 18.4. The normalized spacial score (nSPS) is 20.6. The molecule has 0 unspecified atom stereocenters. The van der Waals surface area contributed by atoms with Crippen molar-refractivity contribution in [3.63, 3.8) is 0 Å². The Bertz CT molecular complexity index is 854. The molecule has 1 amide bonds. The lowest BCUT2D eigenvalue weighted by Crippen LogP contribution is -2.39. The standard InChI is InChI=1S/C25H30INO4/c1-2-30-25-21(9-6-16-28)22(19-10-12-20(26)13-11-19)17-23(31-25)24(29)27-15-14-18-7-4-3-5-8-18/h3-5,7-8,10-13,17,21-22,25,28H,2,6,9,14-16H2,1H3,(H,27,29)/t21-,22-,25-/m1/s1. The maximum absolute atomic E-state index is 12.9. The highest BCUT2D eigenvalue weighted by Gasteiger charge is 2.37. The van der Waals surface area contributed by atoms with Crippen LogP contribution in [0.25, 0.3) is 0 Å². The van der Waals surface area contributed by atoms with Crippen LogP contribution in [-0.4, -0.2) is 37.1 Å². The van der Waals surface area contributed by atoms with Crippen molar-refractivity contribution in [3.05, 3.63) is 81.1 Å². The molecule has 2 N–H and O–H groups in total. The quantitative estimate of drug-likeness (QED) is 0.443. The summed E-state index contributed by atoms with van der Waals surface area (Å²) in [7, 11) is 0. The highest BCUT2D eigenvalue weighted by atomic mass is 127. The van der Waals surface area contributed by atoms with Crippen LogP contribution < -0.4 is 5.32 Å². The molecule has 2 aromatic carbocycles. The van der Waals surface area contributed by atoms with E-state index in [-0.39, 0.29) is 24.3 Å². The van der Waals surface area contributed by atoms with E-state index in [2.05, 4.69) is 52.2 Å². The number of aliphatic hydroxyl groups excluding tert-OH is 1. The zero-order chi connectivity index (χ0) is 22.1. The van der Waals surface area contributed by atoms with Crippen LogP contribution in [0.5, 0.6) is 0 Å². The minimum atomic E-state index is -0.527. The molecule has 0 radical (unpaired) electrons. The summed E-state index contributed by atoms with van der Waals surface area (Å²) in [5, 5.41) is 12.3. The zero-order valence-electron chi connectivity index (χ0n) is 17.8. The lowest BCUT2D eigenvalue weighted by molar-refractivity contribution is -0.166. The number of carbonyl (C=O) groups is 1. The Balaban J connectivity index is 1.78. The van der Waals surface area contributed by atoms with Crippen LogP contribution in [0.4, 0.5) is 0 Å². The fourth-order valence-electron chi connectivity index (χ4n) is 3.88. The second-order valence-corrected chi connectivity index (χ2v) is 8.82. The molecule has 0 fully saturated rings. The highest BCUT2D eigenvalue weighted by Crippen LogP contribution is 2.39. The van der Waals surface area contributed by atoms with Gasteiger partial charge in [-0.05, 0) is 78.1 Å². The van der Waals surface area contributed by atoms with E-state index in [4.69, 9.17) is 9.47 Å². The first-order valence-corrected chi connectivity index (χ1v) is 11.9. The number of allylic oxidation sites excluding steroid dienone is 1. The van der Waals surface area contributed by atoms with Crippen molar-refractivity contribution in [2.45, 2.75) is 38.4 Å². The first-order valence-electron chi connectivity index (χ1n) is 10.8. The van der Waals surface area contributed by atoms with Crippen molar-refractivity contribution in [1.82, 2.24) is 5.32 Å². The number of hydrogen-bond acceptors (Lipinski definition) is 4.